The Kier molecular flexibility index (Phi) is 3.08. The molecule has 0 spiro atoms. The Bertz CT molecular complexity index is 435. The number of rotatable bonds is 3. The van der Waals surface area contributed by atoms with Crippen molar-refractivity contribution in [1.29, 1.82) is 0 Å². The monoisotopic (exact) mass is 220 g/mol. The van der Waals surface area contributed by atoms with E-state index in [9.17, 15) is 9.59 Å². The topological polar surface area (TPSA) is 53.2 Å². The number of hydrogen-bond donors (Lipinski definition) is 1. The molecule has 86 valence electrons. The lowest BCUT2D eigenvalue weighted by Gasteiger charge is -2.30. The van der Waals surface area contributed by atoms with Crippen molar-refractivity contribution in [2.45, 2.75) is 19.3 Å². The van der Waals surface area contributed by atoms with E-state index >= 15 is 0 Å². The zero-order valence-corrected chi connectivity index (χ0v) is 9.40. The number of H-pyrrole nitrogens is 1. The molecule has 1 aromatic heterocycles. The van der Waals surface area contributed by atoms with Gasteiger partial charge in [0.2, 0.25) is 0 Å². The van der Waals surface area contributed by atoms with Crippen LogP contribution in [-0.4, -0.2) is 29.4 Å². The van der Waals surface area contributed by atoms with Crippen LogP contribution in [0.15, 0.2) is 23.3 Å². The van der Waals surface area contributed by atoms with E-state index in [1.165, 1.54) is 37.7 Å². The maximum Gasteiger partial charge on any atom is 0.259 e. The standard InChI is InChI=1S/C12H16N2O2/c1-14(8-9-3-2-4-9)12(16)10-7-13-6-5-11(10)15/h5-7,9H,2-4,8H2,1H3,(H,13,15). The van der Waals surface area contributed by atoms with Crippen molar-refractivity contribution >= 4 is 5.91 Å². The van der Waals surface area contributed by atoms with Crippen LogP contribution < -0.4 is 5.43 Å². The number of carbonyl (C=O) groups excluding carboxylic acids is 1. The summed E-state index contributed by atoms with van der Waals surface area (Å²) >= 11 is 0. The van der Waals surface area contributed by atoms with E-state index in [1.54, 1.807) is 11.9 Å². The molecule has 1 aromatic rings. The zero-order valence-electron chi connectivity index (χ0n) is 9.40. The number of hydrogen-bond acceptors (Lipinski definition) is 2. The van der Waals surface area contributed by atoms with E-state index in [4.69, 9.17) is 0 Å². The van der Waals surface area contributed by atoms with Crippen LogP contribution in [0.3, 0.4) is 0 Å². The van der Waals surface area contributed by atoms with Crippen molar-refractivity contribution in [1.82, 2.24) is 9.88 Å². The number of aromatic amines is 1. The average molecular weight is 220 g/mol. The van der Waals surface area contributed by atoms with Crippen LogP contribution in [0.4, 0.5) is 0 Å². The summed E-state index contributed by atoms with van der Waals surface area (Å²) in [6, 6.07) is 1.38. The number of nitrogens with one attached hydrogen (secondary N) is 1. The van der Waals surface area contributed by atoms with Crippen LogP contribution in [0, 0.1) is 5.92 Å². The minimum Gasteiger partial charge on any atom is -0.367 e. The minimum absolute atomic E-state index is 0.186. The highest BCUT2D eigenvalue weighted by Crippen LogP contribution is 2.26. The second-order valence-corrected chi connectivity index (χ2v) is 4.40. The highest BCUT2D eigenvalue weighted by atomic mass is 16.2. The normalized spacial score (nSPS) is 15.6. The maximum absolute atomic E-state index is 11.9. The van der Waals surface area contributed by atoms with Gasteiger partial charge in [-0.05, 0) is 18.8 Å². The SMILES string of the molecule is CN(CC1CCC1)C(=O)c1c[nH]ccc1=O. The largest absolute Gasteiger partial charge is 0.367 e. The van der Waals surface area contributed by atoms with Gasteiger partial charge in [0.05, 0.1) is 0 Å². The van der Waals surface area contributed by atoms with Crippen molar-refractivity contribution in [3.8, 4) is 0 Å². The van der Waals surface area contributed by atoms with Gasteiger partial charge in [-0.15, -0.1) is 0 Å². The first-order valence-electron chi connectivity index (χ1n) is 5.61. The summed E-state index contributed by atoms with van der Waals surface area (Å²) in [5, 5.41) is 0. The van der Waals surface area contributed by atoms with E-state index in [0.717, 1.165) is 6.54 Å². The molecule has 1 saturated carbocycles. The van der Waals surface area contributed by atoms with Gasteiger partial charge in [0, 0.05) is 32.1 Å². The molecule has 0 radical (unpaired) electrons. The van der Waals surface area contributed by atoms with Gasteiger partial charge in [-0.1, -0.05) is 6.42 Å². The Morgan fingerprint density at radius 2 is 2.31 bits per heavy atom. The quantitative estimate of drug-likeness (QED) is 0.833. The zero-order chi connectivity index (χ0) is 11.5. The van der Waals surface area contributed by atoms with Crippen molar-refractivity contribution in [2.24, 2.45) is 5.92 Å². The average Bonchev–Trinajstić information content (AvgIpc) is 2.23. The van der Waals surface area contributed by atoms with Gasteiger partial charge in [-0.2, -0.15) is 0 Å². The molecule has 1 N–H and O–H groups in total. The fourth-order valence-electron chi connectivity index (χ4n) is 1.93. The maximum atomic E-state index is 11.9. The molecule has 0 atom stereocenters. The van der Waals surface area contributed by atoms with Crippen LogP contribution in [0.1, 0.15) is 29.6 Å². The molecule has 0 aromatic carbocycles. The highest BCUT2D eigenvalue weighted by Gasteiger charge is 2.22. The molecule has 0 aliphatic heterocycles. The highest BCUT2D eigenvalue weighted by molar-refractivity contribution is 5.93. The smallest absolute Gasteiger partial charge is 0.259 e. The number of nitrogens with zero attached hydrogens (tertiary/aromatic N) is 1. The number of carbonyl (C=O) groups is 1. The lowest BCUT2D eigenvalue weighted by atomic mass is 9.85. The van der Waals surface area contributed by atoms with Gasteiger partial charge >= 0.3 is 0 Å². The Morgan fingerprint density at radius 1 is 1.56 bits per heavy atom. The van der Waals surface area contributed by atoms with Gasteiger partial charge in [0.1, 0.15) is 5.56 Å². The third-order valence-corrected chi connectivity index (χ3v) is 3.16. The van der Waals surface area contributed by atoms with E-state index in [-0.39, 0.29) is 16.9 Å². The van der Waals surface area contributed by atoms with Crippen LogP contribution >= 0.6 is 0 Å². The van der Waals surface area contributed by atoms with E-state index in [2.05, 4.69) is 4.98 Å². The van der Waals surface area contributed by atoms with E-state index < -0.39 is 0 Å². The van der Waals surface area contributed by atoms with Crippen molar-refractivity contribution < 1.29 is 4.79 Å². The van der Waals surface area contributed by atoms with Gasteiger partial charge in [-0.25, -0.2) is 0 Å². The molecule has 2 rings (SSSR count). The predicted octanol–water partition coefficient (Wildman–Crippen LogP) is 1.25. The first-order valence-corrected chi connectivity index (χ1v) is 5.61. The molecule has 0 saturated heterocycles. The Morgan fingerprint density at radius 3 is 2.88 bits per heavy atom. The molecule has 1 aliphatic carbocycles. The molecular formula is C12H16N2O2. The molecule has 1 heterocycles. The van der Waals surface area contributed by atoms with Gasteiger partial charge < -0.3 is 9.88 Å². The summed E-state index contributed by atoms with van der Waals surface area (Å²) in [5.74, 6) is 0.436. The summed E-state index contributed by atoms with van der Waals surface area (Å²) in [7, 11) is 1.76. The number of amides is 1. The first kappa shape index (κ1) is 10.9. The molecular weight excluding hydrogens is 204 g/mol. The Labute approximate surface area is 94.3 Å². The molecule has 1 amide bonds. The van der Waals surface area contributed by atoms with Crippen molar-refractivity contribution in [3.05, 3.63) is 34.2 Å². The molecule has 4 nitrogen and oxygen atoms in total. The summed E-state index contributed by atoms with van der Waals surface area (Å²) in [5.41, 5.74) is 0.00790. The van der Waals surface area contributed by atoms with E-state index in [1.807, 2.05) is 0 Å². The van der Waals surface area contributed by atoms with Crippen LogP contribution in [0.25, 0.3) is 0 Å². The fourth-order valence-corrected chi connectivity index (χ4v) is 1.93. The molecule has 1 fully saturated rings. The summed E-state index contributed by atoms with van der Waals surface area (Å²) in [4.78, 5) is 27.8. The molecule has 16 heavy (non-hydrogen) atoms. The summed E-state index contributed by atoms with van der Waals surface area (Å²) in [6.07, 6.45) is 6.66. The predicted molar refractivity (Wildman–Crippen MR) is 61.4 cm³/mol. The molecule has 0 bridgehead atoms. The molecule has 1 aliphatic rings. The first-order chi connectivity index (χ1) is 7.68. The second kappa shape index (κ2) is 4.51. The lowest BCUT2D eigenvalue weighted by Crippen LogP contribution is -2.36. The Hall–Kier alpha value is -1.58. The molecule has 4 heteroatoms. The van der Waals surface area contributed by atoms with Crippen molar-refractivity contribution in [3.63, 3.8) is 0 Å². The van der Waals surface area contributed by atoms with Crippen LogP contribution in [0.2, 0.25) is 0 Å². The number of pyridine rings is 1. The number of aromatic nitrogens is 1. The van der Waals surface area contributed by atoms with Crippen LogP contribution in [0.5, 0.6) is 0 Å². The third-order valence-electron chi connectivity index (χ3n) is 3.16. The molecule has 0 unspecified atom stereocenters. The second-order valence-electron chi connectivity index (χ2n) is 4.40. The lowest BCUT2D eigenvalue weighted by molar-refractivity contribution is 0.0743. The Balaban J connectivity index is 2.06. The van der Waals surface area contributed by atoms with Crippen molar-refractivity contribution in [2.75, 3.05) is 13.6 Å². The van der Waals surface area contributed by atoms with Crippen LogP contribution in [-0.2, 0) is 0 Å². The third kappa shape index (κ3) is 2.15. The van der Waals surface area contributed by atoms with Gasteiger partial charge in [-0.3, -0.25) is 9.59 Å². The van der Waals surface area contributed by atoms with E-state index in [0.29, 0.717) is 5.92 Å². The van der Waals surface area contributed by atoms with Gasteiger partial charge in [0.25, 0.3) is 5.91 Å². The minimum atomic E-state index is -0.218. The summed E-state index contributed by atoms with van der Waals surface area (Å²) in [6.45, 7) is 0.757. The fraction of sp³-hybridized carbons (Fsp3) is 0.500. The van der Waals surface area contributed by atoms with Gasteiger partial charge in [0.15, 0.2) is 5.43 Å². The summed E-state index contributed by atoms with van der Waals surface area (Å²) < 4.78 is 0.